The van der Waals surface area contributed by atoms with Crippen LogP contribution in [0, 0.1) is 11.7 Å². The third kappa shape index (κ3) is 4.79. The van der Waals surface area contributed by atoms with Crippen molar-refractivity contribution in [3.8, 4) is 0 Å². The lowest BCUT2D eigenvalue weighted by molar-refractivity contribution is -0.113. The van der Waals surface area contributed by atoms with Gasteiger partial charge in [-0.1, -0.05) is 41.6 Å². The van der Waals surface area contributed by atoms with Crippen LogP contribution in [0.3, 0.4) is 0 Å². The number of thiazole rings is 1. The van der Waals surface area contributed by atoms with E-state index in [1.165, 1.54) is 42.7 Å². The number of thioether (sulfide) groups is 1. The molecule has 1 amide bonds. The lowest BCUT2D eigenvalue weighted by atomic mass is 10.0. The molecule has 1 aliphatic heterocycles. The highest BCUT2D eigenvalue weighted by molar-refractivity contribution is 8.00. The van der Waals surface area contributed by atoms with Crippen LogP contribution >= 0.6 is 34.7 Å². The van der Waals surface area contributed by atoms with E-state index < -0.39 is 5.82 Å². The van der Waals surface area contributed by atoms with Crippen LogP contribution in [0.25, 0.3) is 10.3 Å². The average molecular weight is 452 g/mol. The molecule has 0 spiro atoms. The molecule has 1 atom stereocenters. The number of piperidine rings is 1. The maximum Gasteiger partial charge on any atom is 0.234 e. The standard InChI is InChI=1S/C19H19ClFN5OS2/c1-11-3-2-6-26(8-11)19-25-17-16(29-19)18(23-10-22-17)28-9-15(27)24-12-4-5-14(21)13(20)7-12/h4-5,7,10-11H,2-3,6,8-9H2,1H3,(H,24,27). The predicted octanol–water partition coefficient (Wildman–Crippen LogP) is 4.85. The maximum atomic E-state index is 13.2. The summed E-state index contributed by atoms with van der Waals surface area (Å²) in [5.41, 5.74) is 1.11. The van der Waals surface area contributed by atoms with Gasteiger partial charge in [0.25, 0.3) is 0 Å². The van der Waals surface area contributed by atoms with Crippen LogP contribution in [0.5, 0.6) is 0 Å². The molecule has 3 aromatic rings. The monoisotopic (exact) mass is 451 g/mol. The molecule has 1 fully saturated rings. The van der Waals surface area contributed by atoms with Crippen LogP contribution in [0.2, 0.25) is 5.02 Å². The number of hydrogen-bond acceptors (Lipinski definition) is 7. The number of carbonyl (C=O) groups excluding carboxylic acids is 1. The normalized spacial score (nSPS) is 16.9. The molecule has 4 rings (SSSR count). The Morgan fingerprint density at radius 2 is 2.31 bits per heavy atom. The minimum atomic E-state index is -0.522. The number of hydrogen-bond donors (Lipinski definition) is 1. The van der Waals surface area contributed by atoms with Crippen molar-refractivity contribution >= 4 is 61.8 Å². The first-order chi connectivity index (χ1) is 14.0. The van der Waals surface area contributed by atoms with Crippen LogP contribution in [0.15, 0.2) is 29.6 Å². The molecule has 29 heavy (non-hydrogen) atoms. The van der Waals surface area contributed by atoms with Crippen molar-refractivity contribution in [3.63, 3.8) is 0 Å². The molecule has 1 saturated heterocycles. The molecule has 0 bridgehead atoms. The highest BCUT2D eigenvalue weighted by atomic mass is 35.5. The van der Waals surface area contributed by atoms with E-state index in [-0.39, 0.29) is 16.7 Å². The van der Waals surface area contributed by atoms with Gasteiger partial charge in [-0.15, -0.1) is 0 Å². The lowest BCUT2D eigenvalue weighted by Gasteiger charge is -2.30. The Labute approximate surface area is 180 Å². The quantitative estimate of drug-likeness (QED) is 0.442. The number of fused-ring (bicyclic) bond motifs is 1. The van der Waals surface area contributed by atoms with Crippen molar-refractivity contribution in [1.82, 2.24) is 15.0 Å². The molecule has 1 unspecified atom stereocenters. The van der Waals surface area contributed by atoms with Gasteiger partial charge in [0, 0.05) is 18.8 Å². The molecule has 2 aromatic heterocycles. The molecule has 1 N–H and O–H groups in total. The number of nitrogens with one attached hydrogen (secondary N) is 1. The van der Waals surface area contributed by atoms with Crippen molar-refractivity contribution in [2.75, 3.05) is 29.1 Å². The number of rotatable bonds is 5. The Hall–Kier alpha value is -1.97. The topological polar surface area (TPSA) is 71.0 Å². The number of amides is 1. The van der Waals surface area contributed by atoms with E-state index in [1.54, 1.807) is 11.3 Å². The van der Waals surface area contributed by atoms with Gasteiger partial charge in [-0.05, 0) is 37.0 Å². The number of anilines is 2. The second kappa shape index (κ2) is 8.81. The Morgan fingerprint density at radius 1 is 1.45 bits per heavy atom. The molecular formula is C19H19ClFN5OS2. The summed E-state index contributed by atoms with van der Waals surface area (Å²) in [5.74, 6) is 0.0691. The van der Waals surface area contributed by atoms with Crippen molar-refractivity contribution in [1.29, 1.82) is 0 Å². The van der Waals surface area contributed by atoms with Gasteiger partial charge < -0.3 is 10.2 Å². The molecule has 10 heteroatoms. The Kier molecular flexibility index (Phi) is 6.17. The van der Waals surface area contributed by atoms with Gasteiger partial charge >= 0.3 is 0 Å². The van der Waals surface area contributed by atoms with Gasteiger partial charge in [-0.25, -0.2) is 14.4 Å². The van der Waals surface area contributed by atoms with E-state index in [4.69, 9.17) is 11.6 Å². The van der Waals surface area contributed by atoms with Gasteiger partial charge in [0.2, 0.25) is 5.91 Å². The number of carbonyl (C=O) groups is 1. The second-order valence-electron chi connectivity index (χ2n) is 6.99. The fourth-order valence-corrected chi connectivity index (χ4v) is 5.33. The summed E-state index contributed by atoms with van der Waals surface area (Å²) in [7, 11) is 0. The number of aromatic nitrogens is 3. The van der Waals surface area contributed by atoms with Gasteiger partial charge in [0.15, 0.2) is 10.8 Å². The highest BCUT2D eigenvalue weighted by Gasteiger charge is 2.21. The van der Waals surface area contributed by atoms with Crippen LogP contribution < -0.4 is 10.2 Å². The van der Waals surface area contributed by atoms with E-state index in [9.17, 15) is 9.18 Å². The molecule has 1 aliphatic rings. The fourth-order valence-electron chi connectivity index (χ4n) is 3.23. The maximum absolute atomic E-state index is 13.2. The van der Waals surface area contributed by atoms with E-state index in [2.05, 4.69) is 32.1 Å². The molecule has 3 heterocycles. The predicted molar refractivity (Wildman–Crippen MR) is 117 cm³/mol. The highest BCUT2D eigenvalue weighted by Crippen LogP contribution is 2.35. The summed E-state index contributed by atoms with van der Waals surface area (Å²) in [6, 6.07) is 4.08. The summed E-state index contributed by atoms with van der Waals surface area (Å²) in [4.78, 5) is 27.9. The van der Waals surface area contributed by atoms with Crippen LogP contribution in [0.4, 0.5) is 15.2 Å². The third-order valence-electron chi connectivity index (χ3n) is 4.62. The molecule has 152 valence electrons. The van der Waals surface area contributed by atoms with E-state index in [0.717, 1.165) is 34.4 Å². The van der Waals surface area contributed by atoms with E-state index >= 15 is 0 Å². The second-order valence-corrected chi connectivity index (χ2v) is 9.34. The first-order valence-corrected chi connectivity index (χ1v) is 11.4. The summed E-state index contributed by atoms with van der Waals surface area (Å²) in [5, 5.41) is 4.38. The Balaban J connectivity index is 1.44. The first-order valence-electron chi connectivity index (χ1n) is 9.24. The summed E-state index contributed by atoms with van der Waals surface area (Å²) < 4.78 is 14.1. The zero-order chi connectivity index (χ0) is 20.4. The van der Waals surface area contributed by atoms with Crippen LogP contribution in [-0.4, -0.2) is 39.7 Å². The third-order valence-corrected chi connectivity index (χ3v) is 7.14. The molecule has 1 aromatic carbocycles. The summed E-state index contributed by atoms with van der Waals surface area (Å²) >= 11 is 8.65. The molecule has 0 radical (unpaired) electrons. The largest absolute Gasteiger partial charge is 0.348 e. The van der Waals surface area contributed by atoms with Crippen LogP contribution in [0.1, 0.15) is 19.8 Å². The van der Waals surface area contributed by atoms with Crippen molar-refractivity contribution in [2.45, 2.75) is 24.8 Å². The summed E-state index contributed by atoms with van der Waals surface area (Å²) in [6.07, 6.45) is 3.89. The van der Waals surface area contributed by atoms with Gasteiger partial charge in [0.05, 0.1) is 10.8 Å². The molecule has 6 nitrogen and oxygen atoms in total. The fraction of sp³-hybridized carbons (Fsp3) is 0.368. The SMILES string of the molecule is CC1CCCN(c2nc3ncnc(SCC(=O)Nc4ccc(F)c(Cl)c4)c3s2)C1. The van der Waals surface area contributed by atoms with Gasteiger partial charge in [-0.2, -0.15) is 4.98 Å². The molecule has 0 saturated carbocycles. The van der Waals surface area contributed by atoms with E-state index in [1.807, 2.05) is 0 Å². The number of nitrogens with zero attached hydrogens (tertiary/aromatic N) is 4. The van der Waals surface area contributed by atoms with Gasteiger partial charge in [0.1, 0.15) is 21.9 Å². The zero-order valence-electron chi connectivity index (χ0n) is 15.7. The minimum Gasteiger partial charge on any atom is -0.348 e. The summed E-state index contributed by atoms with van der Waals surface area (Å²) in [6.45, 7) is 4.26. The van der Waals surface area contributed by atoms with Gasteiger partial charge in [-0.3, -0.25) is 4.79 Å². The van der Waals surface area contributed by atoms with Crippen molar-refractivity contribution in [2.24, 2.45) is 5.92 Å². The first kappa shape index (κ1) is 20.3. The van der Waals surface area contributed by atoms with Crippen molar-refractivity contribution in [3.05, 3.63) is 35.4 Å². The zero-order valence-corrected chi connectivity index (χ0v) is 18.1. The Morgan fingerprint density at radius 3 is 3.10 bits per heavy atom. The van der Waals surface area contributed by atoms with E-state index in [0.29, 0.717) is 17.3 Å². The number of halogens is 2. The Bertz CT molecular complexity index is 1050. The lowest BCUT2D eigenvalue weighted by Crippen LogP contribution is -2.34. The molecule has 0 aliphatic carbocycles. The minimum absolute atomic E-state index is 0.0304. The number of benzene rings is 1. The van der Waals surface area contributed by atoms with Crippen LogP contribution in [-0.2, 0) is 4.79 Å². The van der Waals surface area contributed by atoms with Crippen molar-refractivity contribution < 1.29 is 9.18 Å². The average Bonchev–Trinajstić information content (AvgIpc) is 3.14. The molecular weight excluding hydrogens is 433 g/mol. The smallest absolute Gasteiger partial charge is 0.234 e.